The SMILES string of the molecule is CC1(Oc2ccc3n[nH]c(-c4cc(N5CCC(OC6CCC(CN7CCN(c8ccc9c(c8F)CN(C8CCC(=O)NC8=O)C9=O)CC7)CC6)CC5)ncn4)c3c2)CC1. The molecule has 2 aromatic heterocycles. The number of aromatic amines is 1. The number of fused-ring (bicyclic) bond motifs is 2. The first kappa shape index (κ1) is 38.1. The van der Waals surface area contributed by atoms with Crippen LogP contribution in [0.15, 0.2) is 42.7 Å². The first-order valence-corrected chi connectivity index (χ1v) is 21.5. The third-order valence-electron chi connectivity index (χ3n) is 13.6. The lowest BCUT2D eigenvalue weighted by Crippen LogP contribution is -2.52. The summed E-state index contributed by atoms with van der Waals surface area (Å²) in [6.07, 6.45) is 11.2. The van der Waals surface area contributed by atoms with Crippen LogP contribution in [-0.2, 0) is 20.9 Å². The van der Waals surface area contributed by atoms with E-state index in [1.165, 1.54) is 4.90 Å². The Labute approximate surface area is 342 Å². The first-order valence-electron chi connectivity index (χ1n) is 21.5. The van der Waals surface area contributed by atoms with E-state index in [0.29, 0.717) is 41.9 Å². The Bertz CT molecular complexity index is 2260. The summed E-state index contributed by atoms with van der Waals surface area (Å²) in [6.45, 7) is 8.14. The van der Waals surface area contributed by atoms with Crippen molar-refractivity contribution in [2.45, 2.75) is 102 Å². The standard InChI is InChI=1S/C44H52FN9O5/c1-44(14-15-44)59-30-6-8-34-32(22-30)41(50-49-34)35-23-38(47-26-46-35)53-16-12-29(13-17-53)58-28-4-2-27(3-5-28)24-51-18-20-52(21-19-51)36-9-7-31-33(40(36)45)25-54(43(31)57)37-10-11-39(55)48-42(37)56/h6-9,22-23,26-29,37H,2-5,10-21,24-25H2,1H3,(H,49,50)(H,48,55,56). The maximum Gasteiger partial charge on any atom is 0.255 e. The monoisotopic (exact) mass is 805 g/mol. The third-order valence-corrected chi connectivity index (χ3v) is 13.6. The number of benzene rings is 2. The number of nitrogens with one attached hydrogen (secondary N) is 2. The summed E-state index contributed by atoms with van der Waals surface area (Å²) in [7, 11) is 0. The van der Waals surface area contributed by atoms with E-state index in [-0.39, 0.29) is 48.7 Å². The molecule has 6 heterocycles. The summed E-state index contributed by atoms with van der Waals surface area (Å²) in [6, 6.07) is 10.7. The van der Waals surface area contributed by atoms with Gasteiger partial charge in [0, 0.05) is 74.8 Å². The molecule has 0 radical (unpaired) electrons. The first-order chi connectivity index (χ1) is 28.7. The Morgan fingerprint density at radius 2 is 1.64 bits per heavy atom. The van der Waals surface area contributed by atoms with E-state index in [4.69, 9.17) is 9.47 Å². The molecular weight excluding hydrogens is 754 g/mol. The highest BCUT2D eigenvalue weighted by molar-refractivity contribution is 6.05. The molecule has 1 unspecified atom stereocenters. The molecule has 1 atom stereocenters. The zero-order valence-electron chi connectivity index (χ0n) is 33.6. The maximum atomic E-state index is 15.9. The molecule has 6 aliphatic rings. The summed E-state index contributed by atoms with van der Waals surface area (Å²) >= 11 is 0. The molecule has 2 aromatic carbocycles. The van der Waals surface area contributed by atoms with Gasteiger partial charge in [0.2, 0.25) is 11.8 Å². The number of halogens is 1. The van der Waals surface area contributed by atoms with Crippen LogP contribution in [0.25, 0.3) is 22.3 Å². The van der Waals surface area contributed by atoms with E-state index in [1.807, 2.05) is 12.1 Å². The van der Waals surface area contributed by atoms with Gasteiger partial charge < -0.3 is 24.2 Å². The molecule has 14 nitrogen and oxygen atoms in total. The number of imide groups is 1. The highest BCUT2D eigenvalue weighted by Gasteiger charge is 2.42. The van der Waals surface area contributed by atoms with Crippen molar-refractivity contribution >= 4 is 40.1 Å². The van der Waals surface area contributed by atoms with Gasteiger partial charge in [0.15, 0.2) is 5.82 Å². The number of rotatable bonds is 10. The van der Waals surface area contributed by atoms with Gasteiger partial charge >= 0.3 is 0 Å². The smallest absolute Gasteiger partial charge is 0.255 e. The van der Waals surface area contributed by atoms with Crippen LogP contribution < -0.4 is 19.9 Å². The molecule has 59 heavy (non-hydrogen) atoms. The summed E-state index contributed by atoms with van der Waals surface area (Å²) < 4.78 is 28.9. The number of ether oxygens (including phenoxy) is 2. The van der Waals surface area contributed by atoms with Gasteiger partial charge in [0.05, 0.1) is 41.3 Å². The van der Waals surface area contributed by atoms with Crippen molar-refractivity contribution in [3.8, 4) is 17.1 Å². The molecule has 15 heteroatoms. The van der Waals surface area contributed by atoms with Crippen molar-refractivity contribution in [2.75, 3.05) is 55.6 Å². The normalized spacial score (nSPS) is 25.1. The summed E-state index contributed by atoms with van der Waals surface area (Å²) in [4.78, 5) is 54.8. The number of nitrogens with zero attached hydrogens (tertiary/aromatic N) is 7. The number of carbonyl (C=O) groups excluding carboxylic acids is 3. The van der Waals surface area contributed by atoms with Crippen molar-refractivity contribution < 1.29 is 28.2 Å². The van der Waals surface area contributed by atoms with Gasteiger partial charge in [-0.05, 0) is 101 Å². The van der Waals surface area contributed by atoms with Crippen LogP contribution in [0.1, 0.15) is 87.1 Å². The van der Waals surface area contributed by atoms with E-state index >= 15 is 4.39 Å². The molecule has 4 aliphatic heterocycles. The number of H-pyrrole nitrogens is 1. The lowest BCUT2D eigenvalue weighted by Gasteiger charge is -2.40. The fraction of sp³-hybridized carbons (Fsp3) is 0.545. The number of carbonyl (C=O) groups is 3. The van der Waals surface area contributed by atoms with E-state index in [1.54, 1.807) is 18.5 Å². The minimum atomic E-state index is -0.758. The average molecular weight is 806 g/mol. The van der Waals surface area contributed by atoms with Crippen LogP contribution in [0.5, 0.6) is 5.75 Å². The van der Waals surface area contributed by atoms with Crippen molar-refractivity contribution in [1.29, 1.82) is 0 Å². The Kier molecular flexibility index (Phi) is 9.98. The van der Waals surface area contributed by atoms with Crippen LogP contribution in [0.4, 0.5) is 15.9 Å². The third kappa shape index (κ3) is 7.74. The van der Waals surface area contributed by atoms with Crippen LogP contribution in [0.2, 0.25) is 0 Å². The Hall–Kier alpha value is -5.15. The number of aromatic nitrogens is 4. The minimum absolute atomic E-state index is 0.0397. The zero-order valence-corrected chi connectivity index (χ0v) is 33.6. The number of hydrogen-bond acceptors (Lipinski definition) is 11. The quantitative estimate of drug-likeness (QED) is 0.204. The molecule has 10 rings (SSSR count). The van der Waals surface area contributed by atoms with E-state index in [2.05, 4.69) is 59.2 Å². The largest absolute Gasteiger partial charge is 0.488 e. The number of anilines is 2. The fourth-order valence-electron chi connectivity index (χ4n) is 9.78. The molecule has 0 spiro atoms. The second kappa shape index (κ2) is 15.5. The molecule has 3 amide bonds. The van der Waals surface area contributed by atoms with Crippen LogP contribution in [0, 0.1) is 11.7 Å². The number of hydrogen-bond donors (Lipinski definition) is 2. The topological polar surface area (TPSA) is 149 Å². The van der Waals surface area contributed by atoms with Crippen LogP contribution in [0.3, 0.4) is 0 Å². The Morgan fingerprint density at radius 1 is 0.864 bits per heavy atom. The number of amides is 3. The van der Waals surface area contributed by atoms with Gasteiger partial charge in [0.1, 0.15) is 29.5 Å². The van der Waals surface area contributed by atoms with Gasteiger partial charge in [-0.15, -0.1) is 0 Å². The Balaban J connectivity index is 0.667. The van der Waals surface area contributed by atoms with Crippen molar-refractivity contribution in [3.05, 3.63) is 59.7 Å². The van der Waals surface area contributed by atoms with Crippen LogP contribution in [-0.4, -0.2) is 117 Å². The van der Waals surface area contributed by atoms with Gasteiger partial charge in [-0.2, -0.15) is 5.10 Å². The predicted octanol–water partition coefficient (Wildman–Crippen LogP) is 5.22. The molecular formula is C44H52FN9O5. The number of piperidine rings is 2. The summed E-state index contributed by atoms with van der Waals surface area (Å²) in [5.41, 5.74) is 3.68. The van der Waals surface area contributed by atoms with Gasteiger partial charge in [-0.25, -0.2) is 14.4 Å². The average Bonchev–Trinajstić information content (AvgIpc) is 3.66. The second-order valence-electron chi connectivity index (χ2n) is 17.7. The minimum Gasteiger partial charge on any atom is -0.488 e. The lowest BCUT2D eigenvalue weighted by atomic mass is 9.86. The molecule has 2 N–H and O–H groups in total. The zero-order chi connectivity index (χ0) is 40.3. The highest BCUT2D eigenvalue weighted by Crippen LogP contribution is 2.41. The second-order valence-corrected chi connectivity index (χ2v) is 17.7. The summed E-state index contributed by atoms with van der Waals surface area (Å²) in [5, 5.41) is 11.0. The molecule has 2 saturated carbocycles. The number of piperazine rings is 1. The molecule has 3 saturated heterocycles. The lowest BCUT2D eigenvalue weighted by molar-refractivity contribution is -0.136. The van der Waals surface area contributed by atoms with Gasteiger partial charge in [-0.1, -0.05) is 0 Å². The van der Waals surface area contributed by atoms with Gasteiger partial charge in [-0.3, -0.25) is 29.7 Å². The van der Waals surface area contributed by atoms with Crippen molar-refractivity contribution in [3.63, 3.8) is 0 Å². The summed E-state index contributed by atoms with van der Waals surface area (Å²) in [5.74, 6) is 0.839. The van der Waals surface area contributed by atoms with Gasteiger partial charge in [0.25, 0.3) is 5.91 Å². The molecule has 5 fully saturated rings. The van der Waals surface area contributed by atoms with E-state index < -0.39 is 11.9 Å². The molecule has 2 aliphatic carbocycles. The van der Waals surface area contributed by atoms with Crippen LogP contribution >= 0.6 is 0 Å². The van der Waals surface area contributed by atoms with Crippen molar-refractivity contribution in [1.82, 2.24) is 35.3 Å². The molecule has 310 valence electrons. The Morgan fingerprint density at radius 3 is 2.41 bits per heavy atom. The predicted molar refractivity (Wildman–Crippen MR) is 219 cm³/mol. The molecule has 0 bridgehead atoms. The molecule has 4 aromatic rings. The van der Waals surface area contributed by atoms with E-state index in [9.17, 15) is 14.4 Å². The van der Waals surface area contributed by atoms with E-state index in [0.717, 1.165) is 118 Å². The fourth-order valence-corrected chi connectivity index (χ4v) is 9.78. The van der Waals surface area contributed by atoms with Crippen molar-refractivity contribution in [2.24, 2.45) is 5.92 Å². The highest BCUT2D eigenvalue weighted by atomic mass is 19.1. The maximum absolute atomic E-state index is 15.9.